The van der Waals surface area contributed by atoms with Gasteiger partial charge in [-0.3, -0.25) is 0 Å². The van der Waals surface area contributed by atoms with Gasteiger partial charge in [0.25, 0.3) is 6.01 Å². The van der Waals surface area contributed by atoms with Crippen LogP contribution in [0.2, 0.25) is 0 Å². The molecule has 0 amide bonds. The van der Waals surface area contributed by atoms with Crippen molar-refractivity contribution in [2.24, 2.45) is 0 Å². The number of oxazole rings is 1. The van der Waals surface area contributed by atoms with Crippen LogP contribution in [0.15, 0.2) is 41.1 Å². The summed E-state index contributed by atoms with van der Waals surface area (Å²) in [7, 11) is 0. The molecular weight excluding hydrogens is 262 g/mol. The number of H-pyrrole nitrogens is 1. The maximum atomic E-state index is 5.67. The Labute approximate surface area is 115 Å². The van der Waals surface area contributed by atoms with Gasteiger partial charge in [0.2, 0.25) is 0 Å². The van der Waals surface area contributed by atoms with Gasteiger partial charge in [0.05, 0.1) is 11.6 Å². The van der Waals surface area contributed by atoms with Gasteiger partial charge in [-0.25, -0.2) is 0 Å². The van der Waals surface area contributed by atoms with Crippen LogP contribution in [0.3, 0.4) is 0 Å². The smallest absolute Gasteiger partial charge is 0.294 e. The third kappa shape index (κ3) is 2.58. The first-order valence-corrected chi connectivity index (χ1v) is 6.69. The van der Waals surface area contributed by atoms with Crippen LogP contribution in [-0.4, -0.2) is 16.5 Å². The first kappa shape index (κ1) is 12.1. The predicted octanol–water partition coefficient (Wildman–Crippen LogP) is 3.55. The maximum absolute atomic E-state index is 5.67. The molecule has 0 saturated carbocycles. The number of hydrogen-bond donors (Lipinski definition) is 2. The zero-order chi connectivity index (χ0) is 13.1. The Kier molecular flexibility index (Phi) is 3.42. The summed E-state index contributed by atoms with van der Waals surface area (Å²) in [5.74, 6) is 0.369. The van der Waals surface area contributed by atoms with Crippen molar-refractivity contribution in [1.82, 2.24) is 9.97 Å². The van der Waals surface area contributed by atoms with Gasteiger partial charge in [-0.2, -0.15) is 4.98 Å². The highest BCUT2D eigenvalue weighted by Gasteiger charge is 2.04. The van der Waals surface area contributed by atoms with Crippen molar-refractivity contribution in [3.63, 3.8) is 0 Å². The van der Waals surface area contributed by atoms with Gasteiger partial charge in [0, 0.05) is 23.6 Å². The van der Waals surface area contributed by atoms with E-state index in [1.807, 2.05) is 18.3 Å². The molecule has 0 spiro atoms. The lowest BCUT2D eigenvalue weighted by Gasteiger charge is -2.00. The Hall–Kier alpha value is -1.94. The third-order valence-electron chi connectivity index (χ3n) is 3.03. The summed E-state index contributed by atoms with van der Waals surface area (Å²) < 4.78 is 5.25. The summed E-state index contributed by atoms with van der Waals surface area (Å²) in [6.07, 6.45) is 4.52. The van der Waals surface area contributed by atoms with Crippen molar-refractivity contribution in [2.75, 3.05) is 11.9 Å². The summed E-state index contributed by atoms with van der Waals surface area (Å²) in [6, 6.07) is 8.80. The van der Waals surface area contributed by atoms with Crippen molar-refractivity contribution in [1.29, 1.82) is 0 Å². The Morgan fingerprint density at radius 3 is 3.05 bits per heavy atom. The molecule has 1 aromatic carbocycles. The molecule has 0 bridgehead atoms. The lowest BCUT2D eigenvalue weighted by molar-refractivity contribution is 0.570. The molecule has 2 heterocycles. The lowest BCUT2D eigenvalue weighted by Crippen LogP contribution is -2.04. The molecule has 3 aromatic rings. The van der Waals surface area contributed by atoms with Crippen molar-refractivity contribution >= 4 is 28.5 Å². The number of benzene rings is 1. The van der Waals surface area contributed by atoms with Crippen LogP contribution in [-0.2, 0) is 12.3 Å². The van der Waals surface area contributed by atoms with Gasteiger partial charge in [-0.1, -0.05) is 18.2 Å². The van der Waals surface area contributed by atoms with E-state index in [9.17, 15) is 0 Å². The molecule has 0 atom stereocenters. The number of nitrogens with one attached hydrogen (secondary N) is 2. The molecule has 0 saturated heterocycles. The van der Waals surface area contributed by atoms with Gasteiger partial charge in [-0.15, -0.1) is 11.6 Å². The van der Waals surface area contributed by atoms with Crippen molar-refractivity contribution in [2.45, 2.75) is 12.3 Å². The van der Waals surface area contributed by atoms with Crippen LogP contribution in [0.25, 0.3) is 10.9 Å². The molecular formula is C14H14ClN3O. The average molecular weight is 276 g/mol. The number of alkyl halides is 1. The molecule has 2 aromatic heterocycles. The fourth-order valence-corrected chi connectivity index (χ4v) is 2.21. The number of aromatic amines is 1. The zero-order valence-electron chi connectivity index (χ0n) is 10.3. The predicted molar refractivity (Wildman–Crippen MR) is 76.6 cm³/mol. The second-order valence-electron chi connectivity index (χ2n) is 4.31. The van der Waals surface area contributed by atoms with Crippen molar-refractivity contribution in [3.8, 4) is 0 Å². The van der Waals surface area contributed by atoms with E-state index in [-0.39, 0.29) is 0 Å². The first-order valence-electron chi connectivity index (χ1n) is 6.16. The summed E-state index contributed by atoms with van der Waals surface area (Å²) >= 11 is 5.67. The second kappa shape index (κ2) is 5.36. The summed E-state index contributed by atoms with van der Waals surface area (Å²) in [6.45, 7) is 0.768. The summed E-state index contributed by atoms with van der Waals surface area (Å²) in [4.78, 5) is 7.46. The molecule has 0 unspecified atom stereocenters. The number of fused-ring (bicyclic) bond motifs is 1. The third-order valence-corrected chi connectivity index (χ3v) is 3.31. The number of rotatable bonds is 5. The van der Waals surface area contributed by atoms with Crippen LogP contribution in [0.4, 0.5) is 6.01 Å². The van der Waals surface area contributed by atoms with Crippen molar-refractivity contribution in [3.05, 3.63) is 48.0 Å². The second-order valence-corrected chi connectivity index (χ2v) is 4.58. The lowest BCUT2D eigenvalue weighted by atomic mass is 10.1. The minimum atomic E-state index is 0.369. The standard InChI is InChI=1S/C14H14ClN3O/c15-7-11-9-19-14(18-11)16-6-5-10-8-17-13-4-2-1-3-12(10)13/h1-4,8-9,17H,5-7H2,(H,16,18). The van der Waals surface area contributed by atoms with Gasteiger partial charge in [0.15, 0.2) is 0 Å². The topological polar surface area (TPSA) is 53.9 Å². The van der Waals surface area contributed by atoms with E-state index in [4.69, 9.17) is 16.0 Å². The van der Waals surface area contributed by atoms with Crippen molar-refractivity contribution < 1.29 is 4.42 Å². The van der Waals surface area contributed by atoms with Gasteiger partial charge in [0.1, 0.15) is 6.26 Å². The van der Waals surface area contributed by atoms with Gasteiger partial charge >= 0.3 is 0 Å². The Balaban J connectivity index is 1.63. The molecule has 0 aliphatic heterocycles. The van der Waals surface area contributed by atoms with Crippen LogP contribution in [0, 0.1) is 0 Å². The van der Waals surface area contributed by atoms with E-state index < -0.39 is 0 Å². The van der Waals surface area contributed by atoms with Gasteiger partial charge in [-0.05, 0) is 18.1 Å². The summed E-state index contributed by atoms with van der Waals surface area (Å²) in [5, 5.41) is 4.41. The molecule has 0 radical (unpaired) electrons. The Morgan fingerprint density at radius 2 is 2.21 bits per heavy atom. The normalized spacial score (nSPS) is 11.0. The number of anilines is 1. The Morgan fingerprint density at radius 1 is 1.32 bits per heavy atom. The van der Waals surface area contributed by atoms with E-state index in [1.54, 1.807) is 6.26 Å². The number of para-hydroxylation sites is 1. The number of aromatic nitrogens is 2. The SMILES string of the molecule is ClCc1coc(NCCc2c[nH]c3ccccc23)n1. The Bertz CT molecular complexity index is 674. The molecule has 2 N–H and O–H groups in total. The fourth-order valence-electron chi connectivity index (χ4n) is 2.09. The molecule has 0 aliphatic rings. The molecule has 19 heavy (non-hydrogen) atoms. The monoisotopic (exact) mass is 275 g/mol. The van der Waals surface area contributed by atoms with E-state index in [1.165, 1.54) is 10.9 Å². The van der Waals surface area contributed by atoms with E-state index in [2.05, 4.69) is 27.4 Å². The van der Waals surface area contributed by atoms with Crippen LogP contribution in [0.1, 0.15) is 11.3 Å². The van der Waals surface area contributed by atoms with Gasteiger partial charge < -0.3 is 14.7 Å². The van der Waals surface area contributed by atoms with E-state index in [0.717, 1.165) is 24.2 Å². The van der Waals surface area contributed by atoms with Crippen LogP contribution < -0.4 is 5.32 Å². The minimum Gasteiger partial charge on any atom is -0.432 e. The highest BCUT2D eigenvalue weighted by molar-refractivity contribution is 6.16. The molecule has 5 heteroatoms. The zero-order valence-corrected chi connectivity index (χ0v) is 11.1. The molecule has 0 aliphatic carbocycles. The van der Waals surface area contributed by atoms with E-state index in [0.29, 0.717) is 11.9 Å². The fraction of sp³-hybridized carbons (Fsp3) is 0.214. The minimum absolute atomic E-state index is 0.369. The highest BCUT2D eigenvalue weighted by Crippen LogP contribution is 2.18. The first-order chi connectivity index (χ1) is 9.36. The average Bonchev–Trinajstić information content (AvgIpc) is 3.06. The highest BCUT2D eigenvalue weighted by atomic mass is 35.5. The summed E-state index contributed by atoms with van der Waals surface area (Å²) in [5.41, 5.74) is 3.20. The molecule has 0 fully saturated rings. The number of nitrogens with zero attached hydrogens (tertiary/aromatic N) is 1. The largest absolute Gasteiger partial charge is 0.432 e. The van der Waals surface area contributed by atoms with Crippen LogP contribution in [0.5, 0.6) is 0 Å². The maximum Gasteiger partial charge on any atom is 0.294 e. The molecule has 98 valence electrons. The van der Waals surface area contributed by atoms with Crippen LogP contribution >= 0.6 is 11.6 Å². The molecule has 4 nitrogen and oxygen atoms in total. The quantitative estimate of drug-likeness (QED) is 0.700. The van der Waals surface area contributed by atoms with E-state index >= 15 is 0 Å². The molecule has 3 rings (SSSR count). The number of halogens is 1. The number of hydrogen-bond acceptors (Lipinski definition) is 3.